The second-order valence-corrected chi connectivity index (χ2v) is 8.13. The van der Waals surface area contributed by atoms with Gasteiger partial charge in [0.25, 0.3) is 10.0 Å². The third kappa shape index (κ3) is 3.48. The number of aromatic nitrogens is 2. The van der Waals surface area contributed by atoms with Crippen LogP contribution in [0.2, 0.25) is 0 Å². The number of nitrogens with one attached hydrogen (secondary N) is 2. The van der Waals surface area contributed by atoms with Gasteiger partial charge in [-0.2, -0.15) is 5.10 Å². The Hall–Kier alpha value is -2.48. The lowest BCUT2D eigenvalue weighted by Crippen LogP contribution is -2.15. The molecule has 25 heavy (non-hydrogen) atoms. The number of carbonyl (C=O) groups excluding carboxylic acids is 1. The molecule has 4 rings (SSSR count). The number of sulfonamides is 1. The first-order chi connectivity index (χ1) is 12.0. The topological polar surface area (TPSA) is 101 Å². The first-order valence-electron chi connectivity index (χ1n) is 8.30. The molecule has 8 heteroatoms. The van der Waals surface area contributed by atoms with Crippen molar-refractivity contribution in [1.82, 2.24) is 10.2 Å². The molecule has 1 fully saturated rings. The number of nitrogens with zero attached hydrogens (tertiary/aromatic N) is 2. The van der Waals surface area contributed by atoms with Crippen LogP contribution >= 0.6 is 0 Å². The van der Waals surface area contributed by atoms with Crippen molar-refractivity contribution in [2.24, 2.45) is 0 Å². The third-order valence-corrected chi connectivity index (χ3v) is 5.78. The number of rotatable bonds is 4. The molecule has 2 N–H and O–H groups in total. The molecule has 2 aliphatic rings. The summed E-state index contributed by atoms with van der Waals surface area (Å²) in [5, 5.41) is 10.8. The fourth-order valence-electron chi connectivity index (χ4n) is 2.91. The maximum Gasteiger partial charge on any atom is 0.263 e. The molecule has 0 radical (unpaired) electrons. The number of carbonyl (C=O) groups is 1. The van der Waals surface area contributed by atoms with E-state index in [-0.39, 0.29) is 16.6 Å². The second-order valence-electron chi connectivity index (χ2n) is 6.44. The van der Waals surface area contributed by atoms with Gasteiger partial charge in [0.2, 0.25) is 5.91 Å². The third-order valence-electron chi connectivity index (χ3n) is 4.43. The maximum absolute atomic E-state index is 12.6. The summed E-state index contributed by atoms with van der Waals surface area (Å²) in [6, 6.07) is 8.18. The molecule has 0 saturated heterocycles. The molecule has 0 bridgehead atoms. The smallest absolute Gasteiger partial charge is 0.263 e. The van der Waals surface area contributed by atoms with Gasteiger partial charge in [0, 0.05) is 18.0 Å². The normalized spacial score (nSPS) is 17.4. The molecule has 1 aliphatic carbocycles. The first kappa shape index (κ1) is 16.0. The van der Waals surface area contributed by atoms with Crippen LogP contribution < -0.4 is 10.0 Å². The Morgan fingerprint density at radius 3 is 2.64 bits per heavy atom. The van der Waals surface area contributed by atoms with E-state index in [0.29, 0.717) is 30.9 Å². The van der Waals surface area contributed by atoms with Crippen molar-refractivity contribution in [3.8, 4) is 0 Å². The second kappa shape index (κ2) is 6.11. The zero-order valence-electron chi connectivity index (χ0n) is 13.5. The van der Waals surface area contributed by atoms with Gasteiger partial charge < -0.3 is 5.32 Å². The predicted octanol–water partition coefficient (Wildman–Crippen LogP) is 2.43. The Labute approximate surface area is 145 Å². The van der Waals surface area contributed by atoms with Crippen LogP contribution in [0.5, 0.6) is 0 Å². The average Bonchev–Trinajstić information content (AvgIpc) is 3.41. The van der Waals surface area contributed by atoms with Gasteiger partial charge in [0.05, 0.1) is 10.6 Å². The Bertz CT molecular complexity index is 921. The van der Waals surface area contributed by atoms with Crippen LogP contribution in [0, 0.1) is 0 Å². The summed E-state index contributed by atoms with van der Waals surface area (Å²) in [5.74, 6) is 0.629. The monoisotopic (exact) mass is 358 g/mol. The van der Waals surface area contributed by atoms with Crippen molar-refractivity contribution in [2.75, 3.05) is 10.0 Å². The van der Waals surface area contributed by atoms with Crippen LogP contribution in [0.15, 0.2) is 35.2 Å². The van der Waals surface area contributed by atoms with E-state index in [1.54, 1.807) is 18.2 Å². The van der Waals surface area contributed by atoms with E-state index in [1.165, 1.54) is 6.07 Å². The van der Waals surface area contributed by atoms with Gasteiger partial charge in [-0.25, -0.2) is 8.42 Å². The molecular formula is C17H18N4O3S. The molecule has 2 heterocycles. The molecular weight excluding hydrogens is 340 g/mol. The minimum absolute atomic E-state index is 0.0430. The summed E-state index contributed by atoms with van der Waals surface area (Å²) in [5.41, 5.74) is 2.41. The maximum atomic E-state index is 12.6. The largest absolute Gasteiger partial charge is 0.326 e. The van der Waals surface area contributed by atoms with Crippen molar-refractivity contribution in [3.05, 3.63) is 41.6 Å². The lowest BCUT2D eigenvalue weighted by atomic mass is 10.1. The van der Waals surface area contributed by atoms with Gasteiger partial charge in [-0.15, -0.1) is 5.10 Å². The van der Waals surface area contributed by atoms with Crippen LogP contribution in [0.4, 0.5) is 11.5 Å². The van der Waals surface area contributed by atoms with Crippen molar-refractivity contribution in [1.29, 1.82) is 0 Å². The van der Waals surface area contributed by atoms with Gasteiger partial charge in [-0.05, 0) is 61.6 Å². The Balaban J connectivity index is 1.57. The molecule has 1 amide bonds. The van der Waals surface area contributed by atoms with E-state index < -0.39 is 10.0 Å². The zero-order valence-corrected chi connectivity index (χ0v) is 14.3. The van der Waals surface area contributed by atoms with Crippen molar-refractivity contribution in [3.63, 3.8) is 0 Å². The van der Waals surface area contributed by atoms with Gasteiger partial charge in [0.15, 0.2) is 5.82 Å². The number of hydrogen-bond acceptors (Lipinski definition) is 5. The molecule has 0 unspecified atom stereocenters. The number of anilines is 2. The van der Waals surface area contributed by atoms with Crippen LogP contribution in [-0.4, -0.2) is 24.5 Å². The van der Waals surface area contributed by atoms with Crippen LogP contribution in [0.25, 0.3) is 0 Å². The molecule has 1 aromatic heterocycles. The Kier molecular flexibility index (Phi) is 3.91. The van der Waals surface area contributed by atoms with Gasteiger partial charge in [-0.3, -0.25) is 9.52 Å². The quantitative estimate of drug-likeness (QED) is 0.874. The SMILES string of the molecule is O=C1CCCc2cc(S(=O)(=O)Nc3ccc(C4CC4)nn3)ccc2N1. The number of benzene rings is 1. The van der Waals surface area contributed by atoms with Crippen molar-refractivity contribution >= 4 is 27.4 Å². The van der Waals surface area contributed by atoms with E-state index in [4.69, 9.17) is 0 Å². The highest BCUT2D eigenvalue weighted by Crippen LogP contribution is 2.38. The van der Waals surface area contributed by atoms with Crippen molar-refractivity contribution < 1.29 is 13.2 Å². The van der Waals surface area contributed by atoms with Crippen molar-refractivity contribution in [2.45, 2.75) is 42.9 Å². The van der Waals surface area contributed by atoms with E-state index in [2.05, 4.69) is 20.2 Å². The lowest BCUT2D eigenvalue weighted by Gasteiger charge is -2.11. The molecule has 2 aromatic rings. The lowest BCUT2D eigenvalue weighted by molar-refractivity contribution is -0.116. The highest BCUT2D eigenvalue weighted by molar-refractivity contribution is 7.92. The summed E-state index contributed by atoms with van der Waals surface area (Å²) in [6.07, 6.45) is 4.03. The summed E-state index contributed by atoms with van der Waals surface area (Å²) in [4.78, 5) is 11.7. The molecule has 130 valence electrons. The molecule has 0 spiro atoms. The Morgan fingerprint density at radius 1 is 1.08 bits per heavy atom. The Morgan fingerprint density at radius 2 is 1.92 bits per heavy atom. The molecule has 0 atom stereocenters. The fourth-order valence-corrected chi connectivity index (χ4v) is 3.96. The van der Waals surface area contributed by atoms with Crippen LogP contribution in [-0.2, 0) is 21.2 Å². The zero-order chi connectivity index (χ0) is 17.4. The number of amides is 1. The van der Waals surface area contributed by atoms with Crippen LogP contribution in [0.1, 0.15) is 42.9 Å². The van der Waals surface area contributed by atoms with E-state index >= 15 is 0 Å². The summed E-state index contributed by atoms with van der Waals surface area (Å²) < 4.78 is 27.7. The highest BCUT2D eigenvalue weighted by Gasteiger charge is 2.25. The molecule has 1 aliphatic heterocycles. The first-order valence-corrected chi connectivity index (χ1v) is 9.79. The summed E-state index contributed by atoms with van der Waals surface area (Å²) >= 11 is 0. The van der Waals surface area contributed by atoms with E-state index in [0.717, 1.165) is 24.1 Å². The minimum Gasteiger partial charge on any atom is -0.326 e. The highest BCUT2D eigenvalue weighted by atomic mass is 32.2. The number of hydrogen-bond donors (Lipinski definition) is 2. The minimum atomic E-state index is -3.75. The number of aryl methyl sites for hydroxylation is 1. The molecule has 7 nitrogen and oxygen atoms in total. The summed E-state index contributed by atoms with van der Waals surface area (Å²) in [7, 11) is -3.75. The van der Waals surface area contributed by atoms with Crippen LogP contribution in [0.3, 0.4) is 0 Å². The van der Waals surface area contributed by atoms with E-state index in [9.17, 15) is 13.2 Å². The molecule has 1 aromatic carbocycles. The van der Waals surface area contributed by atoms with Gasteiger partial charge in [-0.1, -0.05) is 0 Å². The predicted molar refractivity (Wildman–Crippen MR) is 92.8 cm³/mol. The van der Waals surface area contributed by atoms with Gasteiger partial charge >= 0.3 is 0 Å². The van der Waals surface area contributed by atoms with E-state index in [1.807, 2.05) is 6.07 Å². The average molecular weight is 358 g/mol. The fraction of sp³-hybridized carbons (Fsp3) is 0.353. The van der Waals surface area contributed by atoms with Gasteiger partial charge in [0.1, 0.15) is 0 Å². The number of fused-ring (bicyclic) bond motifs is 1. The summed E-state index contributed by atoms with van der Waals surface area (Å²) in [6.45, 7) is 0. The standard InChI is InChI=1S/C17H18N4O3S/c22-17-3-1-2-12-10-13(6-7-14(12)18-17)25(23,24)21-16-9-8-15(19-20-16)11-4-5-11/h6-11H,1-5H2,(H,18,22)(H,20,21). The molecule has 1 saturated carbocycles.